The molecule has 27 heavy (non-hydrogen) atoms. The first-order valence-electron chi connectivity index (χ1n) is 10.1. The van der Waals surface area contributed by atoms with E-state index < -0.39 is 0 Å². The third kappa shape index (κ3) is 6.36. The van der Waals surface area contributed by atoms with Gasteiger partial charge in [-0.1, -0.05) is 24.6 Å². The van der Waals surface area contributed by atoms with Gasteiger partial charge in [0.05, 0.1) is 32.4 Å². The van der Waals surface area contributed by atoms with E-state index in [-0.39, 0.29) is 0 Å². The molecule has 0 spiro atoms. The van der Waals surface area contributed by atoms with Crippen LogP contribution >= 0.6 is 12.2 Å². The number of hydrogen-bond acceptors (Lipinski definition) is 2. The summed E-state index contributed by atoms with van der Waals surface area (Å²) in [5, 5.41) is 4.15. The average molecular weight is 387 g/mol. The molecule has 5 heteroatoms. The van der Waals surface area contributed by atoms with Crippen LogP contribution in [-0.4, -0.2) is 36.2 Å². The Morgan fingerprint density at radius 2 is 2.11 bits per heavy atom. The first-order valence-corrected chi connectivity index (χ1v) is 10.5. The number of furan rings is 1. The van der Waals surface area contributed by atoms with Gasteiger partial charge in [-0.2, -0.15) is 0 Å². The topological polar surface area (TPSA) is 32.9 Å². The maximum absolute atomic E-state index is 5.72. The smallest absolute Gasteiger partial charge is 0.173 e. The minimum Gasteiger partial charge on any atom is -0.467 e. The molecule has 146 valence electrons. The van der Waals surface area contributed by atoms with Gasteiger partial charge in [0, 0.05) is 24.6 Å². The molecule has 1 aromatic carbocycles. The van der Waals surface area contributed by atoms with Crippen LogP contribution in [0.1, 0.15) is 37.5 Å². The summed E-state index contributed by atoms with van der Waals surface area (Å²) in [5.74, 6) is 1.80. The normalized spacial score (nSPS) is 19.6. The highest BCUT2D eigenvalue weighted by molar-refractivity contribution is 7.80. The molecule has 1 aliphatic heterocycles. The SMILES string of the molecule is Cc1ccc(NC(=S)N(CCC[NH+]2CCCC(C)C2)Cc2ccco2)cc1. The standard InChI is InChI=1S/C22H31N3OS/c1-18-8-10-20(11-9-18)23-22(27)25(17-21-7-4-15-26-21)14-5-13-24-12-3-6-19(2)16-24/h4,7-11,15,19H,3,5-6,12-14,16-17H2,1-2H3,(H,23,27)/p+1. The largest absolute Gasteiger partial charge is 0.467 e. The summed E-state index contributed by atoms with van der Waals surface area (Å²) in [7, 11) is 0. The van der Waals surface area contributed by atoms with E-state index in [1.165, 1.54) is 38.0 Å². The van der Waals surface area contributed by atoms with Crippen molar-refractivity contribution < 1.29 is 9.32 Å². The molecule has 1 aromatic heterocycles. The Labute approximate surface area is 168 Å². The zero-order valence-electron chi connectivity index (χ0n) is 16.5. The fourth-order valence-corrected chi connectivity index (χ4v) is 4.10. The second-order valence-electron chi connectivity index (χ2n) is 7.85. The Hall–Kier alpha value is -1.85. The predicted molar refractivity (Wildman–Crippen MR) is 115 cm³/mol. The lowest BCUT2D eigenvalue weighted by Gasteiger charge is -2.29. The highest BCUT2D eigenvalue weighted by Gasteiger charge is 2.20. The molecule has 2 atom stereocenters. The van der Waals surface area contributed by atoms with E-state index in [0.29, 0.717) is 6.54 Å². The molecular weight excluding hydrogens is 354 g/mol. The average Bonchev–Trinajstić information content (AvgIpc) is 3.16. The van der Waals surface area contributed by atoms with Crippen LogP contribution in [0.3, 0.4) is 0 Å². The van der Waals surface area contributed by atoms with Crippen molar-refractivity contribution in [1.82, 2.24) is 4.90 Å². The second-order valence-corrected chi connectivity index (χ2v) is 8.24. The lowest BCUT2D eigenvalue weighted by atomic mass is 10.0. The summed E-state index contributed by atoms with van der Waals surface area (Å²) in [6, 6.07) is 12.3. The molecule has 2 unspecified atom stereocenters. The summed E-state index contributed by atoms with van der Waals surface area (Å²) in [6.45, 7) is 9.95. The minimum absolute atomic E-state index is 0.705. The fourth-order valence-electron chi connectivity index (χ4n) is 3.83. The zero-order valence-corrected chi connectivity index (χ0v) is 17.4. The van der Waals surface area contributed by atoms with E-state index in [1.54, 1.807) is 11.2 Å². The molecule has 2 N–H and O–H groups in total. The van der Waals surface area contributed by atoms with Crippen LogP contribution in [0.4, 0.5) is 5.69 Å². The molecule has 0 radical (unpaired) electrons. The number of quaternary nitrogens is 1. The van der Waals surface area contributed by atoms with Crippen molar-refractivity contribution in [2.24, 2.45) is 5.92 Å². The van der Waals surface area contributed by atoms with Crippen molar-refractivity contribution in [3.05, 3.63) is 54.0 Å². The van der Waals surface area contributed by atoms with Crippen molar-refractivity contribution in [1.29, 1.82) is 0 Å². The van der Waals surface area contributed by atoms with Gasteiger partial charge in [-0.05, 0) is 56.2 Å². The van der Waals surface area contributed by atoms with E-state index in [0.717, 1.165) is 35.4 Å². The number of thiocarbonyl (C=S) groups is 1. The van der Waals surface area contributed by atoms with Gasteiger partial charge in [-0.25, -0.2) is 0 Å². The Morgan fingerprint density at radius 3 is 2.81 bits per heavy atom. The first-order chi connectivity index (χ1) is 13.1. The Bertz CT molecular complexity index is 699. The number of nitrogens with zero attached hydrogens (tertiary/aromatic N) is 1. The highest BCUT2D eigenvalue weighted by Crippen LogP contribution is 2.12. The number of piperidine rings is 1. The number of rotatable bonds is 7. The number of anilines is 1. The van der Waals surface area contributed by atoms with Crippen molar-refractivity contribution in [2.75, 3.05) is 31.5 Å². The quantitative estimate of drug-likeness (QED) is 0.714. The first kappa shape index (κ1) is 19.9. The van der Waals surface area contributed by atoms with Gasteiger partial charge in [0.2, 0.25) is 0 Å². The summed E-state index contributed by atoms with van der Waals surface area (Å²) in [5.41, 5.74) is 2.28. The number of aryl methyl sites for hydroxylation is 1. The van der Waals surface area contributed by atoms with E-state index in [4.69, 9.17) is 16.6 Å². The molecule has 0 amide bonds. The van der Waals surface area contributed by atoms with Crippen LogP contribution in [0.25, 0.3) is 0 Å². The number of nitrogens with one attached hydrogen (secondary N) is 2. The van der Waals surface area contributed by atoms with Crippen molar-refractivity contribution in [2.45, 2.75) is 39.7 Å². The Morgan fingerprint density at radius 1 is 1.30 bits per heavy atom. The molecular formula is C22H32N3OS+. The van der Waals surface area contributed by atoms with E-state index >= 15 is 0 Å². The maximum Gasteiger partial charge on any atom is 0.173 e. The van der Waals surface area contributed by atoms with Gasteiger partial charge in [0.25, 0.3) is 0 Å². The van der Waals surface area contributed by atoms with E-state index in [1.807, 2.05) is 12.1 Å². The van der Waals surface area contributed by atoms with Gasteiger partial charge in [-0.3, -0.25) is 0 Å². The third-order valence-corrected chi connectivity index (χ3v) is 5.70. The molecule has 1 fully saturated rings. The molecule has 0 aliphatic carbocycles. The molecule has 1 aliphatic rings. The highest BCUT2D eigenvalue weighted by atomic mass is 32.1. The van der Waals surface area contributed by atoms with Crippen molar-refractivity contribution in [3.63, 3.8) is 0 Å². The molecule has 2 aromatic rings. The van der Waals surface area contributed by atoms with Gasteiger partial charge >= 0.3 is 0 Å². The molecule has 0 saturated carbocycles. The van der Waals surface area contributed by atoms with Crippen molar-refractivity contribution >= 4 is 23.0 Å². The van der Waals surface area contributed by atoms with Gasteiger partial charge < -0.3 is 19.5 Å². The zero-order chi connectivity index (χ0) is 19.1. The number of likely N-dealkylation sites (tertiary alicyclic amines) is 1. The molecule has 4 nitrogen and oxygen atoms in total. The summed E-state index contributed by atoms with van der Waals surface area (Å²) < 4.78 is 5.56. The van der Waals surface area contributed by atoms with E-state index in [2.05, 4.69) is 48.3 Å². The molecule has 0 bridgehead atoms. The lowest BCUT2D eigenvalue weighted by molar-refractivity contribution is -0.908. The van der Waals surface area contributed by atoms with E-state index in [9.17, 15) is 0 Å². The van der Waals surface area contributed by atoms with Crippen LogP contribution in [0, 0.1) is 12.8 Å². The fraction of sp³-hybridized carbons (Fsp3) is 0.500. The predicted octanol–water partition coefficient (Wildman–Crippen LogP) is 3.49. The molecule has 1 saturated heterocycles. The number of benzene rings is 1. The Kier molecular flexibility index (Phi) is 7.30. The number of hydrogen-bond donors (Lipinski definition) is 2. The van der Waals surface area contributed by atoms with Crippen LogP contribution in [-0.2, 0) is 6.54 Å². The lowest BCUT2D eigenvalue weighted by Crippen LogP contribution is -3.13. The van der Waals surface area contributed by atoms with Crippen LogP contribution in [0.5, 0.6) is 0 Å². The van der Waals surface area contributed by atoms with Crippen LogP contribution in [0.2, 0.25) is 0 Å². The maximum atomic E-state index is 5.72. The van der Waals surface area contributed by atoms with Gasteiger partial charge in [0.1, 0.15) is 5.76 Å². The van der Waals surface area contributed by atoms with Crippen LogP contribution < -0.4 is 10.2 Å². The minimum atomic E-state index is 0.705. The molecule has 2 heterocycles. The van der Waals surface area contributed by atoms with Crippen molar-refractivity contribution in [3.8, 4) is 0 Å². The van der Waals surface area contributed by atoms with Gasteiger partial charge in [-0.15, -0.1) is 0 Å². The Balaban J connectivity index is 1.56. The van der Waals surface area contributed by atoms with Crippen LogP contribution in [0.15, 0.2) is 47.1 Å². The monoisotopic (exact) mass is 386 g/mol. The summed E-state index contributed by atoms with van der Waals surface area (Å²) in [4.78, 5) is 3.96. The second kappa shape index (κ2) is 9.90. The summed E-state index contributed by atoms with van der Waals surface area (Å²) >= 11 is 5.72. The third-order valence-electron chi connectivity index (χ3n) is 5.34. The summed E-state index contributed by atoms with van der Waals surface area (Å²) in [6.07, 6.45) is 5.61. The molecule has 3 rings (SSSR count). The van der Waals surface area contributed by atoms with Gasteiger partial charge in [0.15, 0.2) is 5.11 Å².